The summed E-state index contributed by atoms with van der Waals surface area (Å²) in [6.45, 7) is 2.14. The zero-order valence-corrected chi connectivity index (χ0v) is 7.77. The van der Waals surface area contributed by atoms with E-state index in [4.69, 9.17) is 10.0 Å². The van der Waals surface area contributed by atoms with Crippen molar-refractivity contribution in [2.45, 2.75) is 26.2 Å². The number of aromatic nitrogens is 1. The predicted molar refractivity (Wildman–Crippen MR) is 52.7 cm³/mol. The maximum Gasteiger partial charge on any atom is 0.508 e. The molecule has 0 aliphatic heterocycles. The minimum atomic E-state index is -1.46. The van der Waals surface area contributed by atoms with Gasteiger partial charge in [-0.3, -0.25) is 4.98 Å². The summed E-state index contributed by atoms with van der Waals surface area (Å²) >= 11 is 0. The Morgan fingerprint density at radius 2 is 2.15 bits per heavy atom. The molecule has 13 heavy (non-hydrogen) atoms. The van der Waals surface area contributed by atoms with Crippen LogP contribution in [-0.2, 0) is 6.42 Å². The van der Waals surface area contributed by atoms with Crippen molar-refractivity contribution in [1.82, 2.24) is 4.98 Å². The Morgan fingerprint density at radius 1 is 1.38 bits per heavy atom. The van der Waals surface area contributed by atoms with Gasteiger partial charge in [0.05, 0.1) is 5.59 Å². The summed E-state index contributed by atoms with van der Waals surface area (Å²) in [4.78, 5) is 3.93. The molecule has 1 heterocycles. The monoisotopic (exact) mass is 179 g/mol. The SMILES string of the molecule is CCCCc1ccc(B(O)O)nc1. The number of nitrogens with zero attached hydrogens (tertiary/aromatic N) is 1. The topological polar surface area (TPSA) is 53.4 Å². The predicted octanol–water partition coefficient (Wildman–Crippen LogP) is 0.104. The van der Waals surface area contributed by atoms with Gasteiger partial charge >= 0.3 is 7.12 Å². The largest absolute Gasteiger partial charge is 0.508 e. The van der Waals surface area contributed by atoms with Crippen LogP contribution in [0.4, 0.5) is 0 Å². The molecule has 0 fully saturated rings. The zero-order chi connectivity index (χ0) is 9.68. The van der Waals surface area contributed by atoms with Gasteiger partial charge in [0.2, 0.25) is 0 Å². The van der Waals surface area contributed by atoms with Gasteiger partial charge in [0.15, 0.2) is 0 Å². The summed E-state index contributed by atoms with van der Waals surface area (Å²) < 4.78 is 0. The highest BCUT2D eigenvalue weighted by atomic mass is 16.4. The number of rotatable bonds is 4. The molecular weight excluding hydrogens is 165 g/mol. The number of hydrogen-bond acceptors (Lipinski definition) is 3. The van der Waals surface area contributed by atoms with Gasteiger partial charge in [-0.2, -0.15) is 0 Å². The normalized spacial score (nSPS) is 10.1. The van der Waals surface area contributed by atoms with Crippen molar-refractivity contribution in [2.75, 3.05) is 0 Å². The Labute approximate surface area is 78.6 Å². The van der Waals surface area contributed by atoms with Gasteiger partial charge in [0.1, 0.15) is 0 Å². The van der Waals surface area contributed by atoms with Crippen LogP contribution in [0.1, 0.15) is 25.3 Å². The van der Waals surface area contributed by atoms with Crippen molar-refractivity contribution in [2.24, 2.45) is 0 Å². The van der Waals surface area contributed by atoms with Gasteiger partial charge in [0, 0.05) is 6.20 Å². The molecule has 0 radical (unpaired) electrons. The molecule has 0 aliphatic carbocycles. The molecule has 4 heteroatoms. The zero-order valence-electron chi connectivity index (χ0n) is 7.77. The molecule has 0 spiro atoms. The fourth-order valence-electron chi connectivity index (χ4n) is 1.12. The van der Waals surface area contributed by atoms with Gasteiger partial charge in [-0.15, -0.1) is 0 Å². The molecule has 0 bridgehead atoms. The molecule has 0 atom stereocenters. The molecule has 1 aromatic rings. The first-order valence-electron chi connectivity index (χ1n) is 4.55. The van der Waals surface area contributed by atoms with Crippen molar-refractivity contribution >= 4 is 12.7 Å². The maximum atomic E-state index is 8.78. The van der Waals surface area contributed by atoms with E-state index in [9.17, 15) is 0 Å². The summed E-state index contributed by atoms with van der Waals surface area (Å²) in [6, 6.07) is 3.53. The summed E-state index contributed by atoms with van der Waals surface area (Å²) in [5.74, 6) is 0. The summed E-state index contributed by atoms with van der Waals surface area (Å²) in [5.41, 5.74) is 1.45. The molecular formula is C9H14BNO2. The highest BCUT2D eigenvalue weighted by molar-refractivity contribution is 6.57. The lowest BCUT2D eigenvalue weighted by Gasteiger charge is -2.01. The second kappa shape index (κ2) is 4.99. The lowest BCUT2D eigenvalue weighted by molar-refractivity contribution is 0.424. The van der Waals surface area contributed by atoms with E-state index in [2.05, 4.69) is 11.9 Å². The summed E-state index contributed by atoms with van der Waals surface area (Å²) in [6.07, 6.45) is 5.00. The van der Waals surface area contributed by atoms with E-state index in [0.717, 1.165) is 24.8 Å². The average molecular weight is 179 g/mol. The first kappa shape index (κ1) is 10.2. The van der Waals surface area contributed by atoms with Crippen LogP contribution in [0.2, 0.25) is 0 Å². The first-order chi connectivity index (χ1) is 6.24. The molecule has 0 saturated heterocycles. The molecule has 0 saturated carbocycles. The first-order valence-corrected chi connectivity index (χ1v) is 4.55. The smallest absolute Gasteiger partial charge is 0.422 e. The van der Waals surface area contributed by atoms with Crippen LogP contribution in [-0.4, -0.2) is 22.2 Å². The number of pyridine rings is 1. The average Bonchev–Trinajstić information content (AvgIpc) is 2.15. The van der Waals surface area contributed by atoms with Crippen molar-refractivity contribution < 1.29 is 10.0 Å². The molecule has 3 nitrogen and oxygen atoms in total. The van der Waals surface area contributed by atoms with Crippen molar-refractivity contribution in [3.8, 4) is 0 Å². The second-order valence-electron chi connectivity index (χ2n) is 3.07. The number of unbranched alkanes of at least 4 members (excludes halogenated alkanes) is 1. The third-order valence-electron chi connectivity index (χ3n) is 1.93. The van der Waals surface area contributed by atoms with E-state index >= 15 is 0 Å². The van der Waals surface area contributed by atoms with Crippen LogP contribution in [0.25, 0.3) is 0 Å². The third-order valence-corrected chi connectivity index (χ3v) is 1.93. The standard InChI is InChI=1S/C9H14BNO2/c1-2-3-4-8-5-6-9(10(12)13)11-7-8/h5-7,12-13H,2-4H2,1H3. The lowest BCUT2D eigenvalue weighted by atomic mass is 9.85. The second-order valence-corrected chi connectivity index (χ2v) is 3.07. The van der Waals surface area contributed by atoms with Crippen LogP contribution in [0.15, 0.2) is 18.3 Å². The molecule has 0 unspecified atom stereocenters. The van der Waals surface area contributed by atoms with E-state index in [0.29, 0.717) is 5.59 Å². The highest BCUT2D eigenvalue weighted by Gasteiger charge is 2.11. The summed E-state index contributed by atoms with van der Waals surface area (Å²) in [5, 5.41) is 17.6. The van der Waals surface area contributed by atoms with Crippen LogP contribution < -0.4 is 5.59 Å². The van der Waals surface area contributed by atoms with E-state index in [1.807, 2.05) is 6.07 Å². The van der Waals surface area contributed by atoms with Crippen molar-refractivity contribution in [1.29, 1.82) is 0 Å². The molecule has 1 rings (SSSR count). The van der Waals surface area contributed by atoms with Gasteiger partial charge < -0.3 is 10.0 Å². The van der Waals surface area contributed by atoms with Crippen molar-refractivity contribution in [3.05, 3.63) is 23.9 Å². The molecule has 0 aromatic carbocycles. The van der Waals surface area contributed by atoms with Gasteiger partial charge in [-0.1, -0.05) is 19.4 Å². The van der Waals surface area contributed by atoms with Crippen LogP contribution in [0.5, 0.6) is 0 Å². The lowest BCUT2D eigenvalue weighted by Crippen LogP contribution is -2.32. The van der Waals surface area contributed by atoms with E-state index in [-0.39, 0.29) is 0 Å². The van der Waals surface area contributed by atoms with E-state index in [1.54, 1.807) is 12.3 Å². The Morgan fingerprint density at radius 3 is 2.62 bits per heavy atom. The van der Waals surface area contributed by atoms with Crippen LogP contribution >= 0.6 is 0 Å². The maximum absolute atomic E-state index is 8.78. The minimum absolute atomic E-state index is 0.306. The Kier molecular flexibility index (Phi) is 3.92. The third kappa shape index (κ3) is 3.16. The van der Waals surface area contributed by atoms with Crippen LogP contribution in [0, 0.1) is 0 Å². The Balaban J connectivity index is 2.59. The van der Waals surface area contributed by atoms with E-state index in [1.165, 1.54) is 0 Å². The summed E-state index contributed by atoms with van der Waals surface area (Å²) in [7, 11) is -1.46. The van der Waals surface area contributed by atoms with Crippen molar-refractivity contribution in [3.63, 3.8) is 0 Å². The fourth-order valence-corrected chi connectivity index (χ4v) is 1.12. The quantitative estimate of drug-likeness (QED) is 0.644. The molecule has 1 aromatic heterocycles. The minimum Gasteiger partial charge on any atom is -0.422 e. The number of hydrogen-bond donors (Lipinski definition) is 2. The van der Waals surface area contributed by atoms with Gasteiger partial charge in [0.25, 0.3) is 0 Å². The Bertz CT molecular complexity index is 248. The molecule has 0 aliphatic rings. The number of aryl methyl sites for hydroxylation is 1. The highest BCUT2D eigenvalue weighted by Crippen LogP contribution is 2.01. The fraction of sp³-hybridized carbons (Fsp3) is 0.444. The Hall–Kier alpha value is -0.865. The van der Waals surface area contributed by atoms with Crippen LogP contribution in [0.3, 0.4) is 0 Å². The molecule has 70 valence electrons. The molecule has 0 amide bonds. The van der Waals surface area contributed by atoms with E-state index < -0.39 is 7.12 Å². The molecule has 2 N–H and O–H groups in total. The van der Waals surface area contributed by atoms with Gasteiger partial charge in [-0.25, -0.2) is 0 Å². The van der Waals surface area contributed by atoms with Gasteiger partial charge in [-0.05, 0) is 24.5 Å².